The fourth-order valence-corrected chi connectivity index (χ4v) is 2.59. The highest BCUT2D eigenvalue weighted by atomic mass is 16.2. The van der Waals surface area contributed by atoms with E-state index < -0.39 is 0 Å². The molecule has 3 aromatic rings. The Kier molecular flexibility index (Phi) is 5.54. The summed E-state index contributed by atoms with van der Waals surface area (Å²) in [4.78, 5) is 16.5. The smallest absolute Gasteiger partial charge is 0.267 e. The molecule has 0 aliphatic carbocycles. The summed E-state index contributed by atoms with van der Waals surface area (Å²) in [6, 6.07) is 21.1. The number of aromatic nitrogens is 1. The third-order valence-corrected chi connectivity index (χ3v) is 4.11. The first-order valence-electron chi connectivity index (χ1n) is 8.59. The van der Waals surface area contributed by atoms with Crippen LogP contribution < -0.4 is 5.43 Å². The van der Waals surface area contributed by atoms with Gasteiger partial charge in [-0.15, -0.1) is 0 Å². The molecule has 0 unspecified atom stereocenters. The second-order valence-electron chi connectivity index (χ2n) is 6.28. The van der Waals surface area contributed by atoms with E-state index in [1.165, 1.54) is 5.56 Å². The van der Waals surface area contributed by atoms with Crippen LogP contribution in [0.5, 0.6) is 0 Å². The fraction of sp³-hybridized carbons (Fsp3) is 0.136. The molecule has 1 heterocycles. The van der Waals surface area contributed by atoms with E-state index in [0.717, 1.165) is 11.1 Å². The summed E-state index contributed by atoms with van der Waals surface area (Å²) in [6.07, 6.45) is 3.42. The van der Waals surface area contributed by atoms with Crippen molar-refractivity contribution in [3.8, 4) is 0 Å². The van der Waals surface area contributed by atoms with Gasteiger partial charge in [0.05, 0.1) is 5.71 Å². The van der Waals surface area contributed by atoms with Crippen molar-refractivity contribution in [2.75, 3.05) is 0 Å². The zero-order chi connectivity index (χ0) is 18.4. The van der Waals surface area contributed by atoms with E-state index in [4.69, 9.17) is 0 Å². The molecule has 0 aliphatic rings. The van der Waals surface area contributed by atoms with E-state index >= 15 is 0 Å². The molecule has 0 saturated carbocycles. The molecule has 0 radical (unpaired) electrons. The Balaban J connectivity index is 1.85. The largest absolute Gasteiger partial charge is 0.271 e. The lowest BCUT2D eigenvalue weighted by atomic mass is 10.0. The van der Waals surface area contributed by atoms with Gasteiger partial charge in [0, 0.05) is 29.1 Å². The molecule has 1 aromatic heterocycles. The Morgan fingerprint density at radius 2 is 1.46 bits per heavy atom. The van der Waals surface area contributed by atoms with Gasteiger partial charge in [-0.2, -0.15) is 5.10 Å². The third kappa shape index (κ3) is 4.22. The summed E-state index contributed by atoms with van der Waals surface area (Å²) in [5.74, 6) is 0.198. The van der Waals surface area contributed by atoms with Crippen molar-refractivity contribution in [2.45, 2.75) is 19.8 Å². The summed E-state index contributed by atoms with van der Waals surface area (Å²) in [6.45, 7) is 4.25. The minimum atomic E-state index is -0.234. The summed E-state index contributed by atoms with van der Waals surface area (Å²) in [5.41, 5.74) is 6.97. The zero-order valence-corrected chi connectivity index (χ0v) is 14.9. The van der Waals surface area contributed by atoms with Crippen molar-refractivity contribution in [2.24, 2.45) is 5.10 Å². The van der Waals surface area contributed by atoms with Crippen molar-refractivity contribution in [1.82, 2.24) is 10.4 Å². The molecule has 2 aromatic carbocycles. The van der Waals surface area contributed by atoms with Gasteiger partial charge >= 0.3 is 0 Å². The molecule has 0 atom stereocenters. The maximum atomic E-state index is 12.5. The first-order valence-corrected chi connectivity index (χ1v) is 8.59. The van der Waals surface area contributed by atoms with Gasteiger partial charge in [0.15, 0.2) is 0 Å². The van der Waals surface area contributed by atoms with Crippen molar-refractivity contribution in [3.05, 3.63) is 101 Å². The summed E-state index contributed by atoms with van der Waals surface area (Å²) < 4.78 is 0. The number of pyridine rings is 1. The number of amides is 1. The number of rotatable bonds is 5. The van der Waals surface area contributed by atoms with Crippen LogP contribution in [0.3, 0.4) is 0 Å². The van der Waals surface area contributed by atoms with Gasteiger partial charge in [-0.25, -0.2) is 5.43 Å². The van der Waals surface area contributed by atoms with Gasteiger partial charge in [-0.1, -0.05) is 56.3 Å². The number of carbonyl (C=O) groups excluding carboxylic acids is 1. The van der Waals surface area contributed by atoms with Crippen molar-refractivity contribution in [1.29, 1.82) is 0 Å². The number of nitrogens with zero attached hydrogens (tertiary/aromatic N) is 2. The summed E-state index contributed by atoms with van der Waals surface area (Å²) >= 11 is 0. The molecule has 130 valence electrons. The average Bonchev–Trinajstić information content (AvgIpc) is 2.69. The van der Waals surface area contributed by atoms with Crippen molar-refractivity contribution < 1.29 is 4.79 Å². The highest BCUT2D eigenvalue weighted by molar-refractivity contribution is 6.13. The molecule has 0 bridgehead atoms. The van der Waals surface area contributed by atoms with Crippen LogP contribution >= 0.6 is 0 Å². The van der Waals surface area contributed by atoms with E-state index in [9.17, 15) is 4.79 Å². The molecule has 1 amide bonds. The number of carbonyl (C=O) groups is 1. The number of hydrogen-bond donors (Lipinski definition) is 1. The van der Waals surface area contributed by atoms with Gasteiger partial charge in [0.2, 0.25) is 0 Å². The lowest BCUT2D eigenvalue weighted by Gasteiger charge is -2.09. The maximum absolute atomic E-state index is 12.5. The molecule has 4 nitrogen and oxygen atoms in total. The predicted octanol–water partition coefficient (Wildman–Crippen LogP) is 4.39. The zero-order valence-electron chi connectivity index (χ0n) is 14.9. The van der Waals surface area contributed by atoms with Crippen LogP contribution in [0.1, 0.15) is 46.8 Å². The lowest BCUT2D eigenvalue weighted by molar-refractivity contribution is 0.0955. The first-order chi connectivity index (χ1) is 12.6. The standard InChI is InChI=1S/C22H21N3O/c1-16(2)17-8-10-20(11-9-17)22(26)25-24-21(18-6-4-3-5-7-18)19-12-14-23-15-13-19/h3-16H,1-2H3,(H,25,26)/b24-21+. The predicted molar refractivity (Wildman–Crippen MR) is 104 cm³/mol. The molecule has 3 rings (SSSR count). The monoisotopic (exact) mass is 343 g/mol. The molecule has 0 aliphatic heterocycles. The molecule has 0 fully saturated rings. The molecular weight excluding hydrogens is 322 g/mol. The Hall–Kier alpha value is -3.27. The molecule has 4 heteroatoms. The molecule has 26 heavy (non-hydrogen) atoms. The van der Waals surface area contributed by atoms with Crippen molar-refractivity contribution in [3.63, 3.8) is 0 Å². The van der Waals surface area contributed by atoms with Crippen LogP contribution in [0, 0.1) is 0 Å². The van der Waals surface area contributed by atoms with Crippen LogP contribution in [-0.2, 0) is 0 Å². The van der Waals surface area contributed by atoms with Crippen LogP contribution in [0.2, 0.25) is 0 Å². The Labute approximate surface area is 153 Å². The minimum absolute atomic E-state index is 0.234. The lowest BCUT2D eigenvalue weighted by Crippen LogP contribution is -2.20. The summed E-state index contributed by atoms with van der Waals surface area (Å²) in [5, 5.41) is 4.39. The first kappa shape index (κ1) is 17.5. The topological polar surface area (TPSA) is 54.4 Å². The molecular formula is C22H21N3O. The fourth-order valence-electron chi connectivity index (χ4n) is 2.59. The van der Waals surface area contributed by atoms with E-state index in [-0.39, 0.29) is 5.91 Å². The highest BCUT2D eigenvalue weighted by Crippen LogP contribution is 2.15. The Morgan fingerprint density at radius 1 is 0.846 bits per heavy atom. The number of nitrogens with one attached hydrogen (secondary N) is 1. The van der Waals surface area contributed by atoms with Crippen LogP contribution in [0.15, 0.2) is 84.2 Å². The van der Waals surface area contributed by atoms with Crippen molar-refractivity contribution >= 4 is 11.6 Å². The third-order valence-electron chi connectivity index (χ3n) is 4.11. The van der Waals surface area contributed by atoms with Gasteiger partial charge in [0.25, 0.3) is 5.91 Å². The quantitative estimate of drug-likeness (QED) is 0.552. The van der Waals surface area contributed by atoms with Crippen LogP contribution in [0.4, 0.5) is 0 Å². The second-order valence-corrected chi connectivity index (χ2v) is 6.28. The van der Waals surface area contributed by atoms with E-state index in [0.29, 0.717) is 17.2 Å². The second kappa shape index (κ2) is 8.21. The molecule has 1 N–H and O–H groups in total. The summed E-state index contributed by atoms with van der Waals surface area (Å²) in [7, 11) is 0. The SMILES string of the molecule is CC(C)c1ccc(C(=O)N/N=C(\c2ccccc2)c2ccncc2)cc1. The number of hydrazone groups is 1. The van der Waals surface area contributed by atoms with Crippen LogP contribution in [-0.4, -0.2) is 16.6 Å². The highest BCUT2D eigenvalue weighted by Gasteiger charge is 2.09. The average molecular weight is 343 g/mol. The van der Waals surface area contributed by atoms with Gasteiger partial charge in [0.1, 0.15) is 0 Å². The Morgan fingerprint density at radius 3 is 2.08 bits per heavy atom. The maximum Gasteiger partial charge on any atom is 0.271 e. The molecule has 0 spiro atoms. The van der Waals surface area contributed by atoms with Crippen LogP contribution in [0.25, 0.3) is 0 Å². The van der Waals surface area contributed by atoms with Gasteiger partial charge in [-0.3, -0.25) is 9.78 Å². The van der Waals surface area contributed by atoms with Gasteiger partial charge < -0.3 is 0 Å². The Bertz CT molecular complexity index is 844. The minimum Gasteiger partial charge on any atom is -0.267 e. The number of benzene rings is 2. The van der Waals surface area contributed by atoms with E-state index in [2.05, 4.69) is 29.4 Å². The normalized spacial score (nSPS) is 11.4. The van der Waals surface area contributed by atoms with E-state index in [1.54, 1.807) is 12.4 Å². The van der Waals surface area contributed by atoms with E-state index in [1.807, 2.05) is 66.7 Å². The number of hydrogen-bond acceptors (Lipinski definition) is 3. The van der Waals surface area contributed by atoms with Gasteiger partial charge in [-0.05, 0) is 35.7 Å². The molecule has 0 saturated heterocycles.